The predicted molar refractivity (Wildman–Crippen MR) is 118 cm³/mol. The molecular formula is C19H27IN4S. The second-order valence-electron chi connectivity index (χ2n) is 6.69. The number of nitrogens with zero attached hydrogens (tertiary/aromatic N) is 2. The fourth-order valence-corrected chi connectivity index (χ4v) is 4.15. The van der Waals surface area contributed by atoms with Gasteiger partial charge in [-0.1, -0.05) is 38.1 Å². The van der Waals surface area contributed by atoms with Crippen LogP contribution in [0.5, 0.6) is 0 Å². The van der Waals surface area contributed by atoms with Gasteiger partial charge >= 0.3 is 0 Å². The molecule has 0 bridgehead atoms. The van der Waals surface area contributed by atoms with Crippen LogP contribution in [0.15, 0.2) is 40.7 Å². The van der Waals surface area contributed by atoms with E-state index >= 15 is 0 Å². The zero-order chi connectivity index (χ0) is 17.1. The summed E-state index contributed by atoms with van der Waals surface area (Å²) < 4.78 is 0. The van der Waals surface area contributed by atoms with Crippen molar-refractivity contribution in [3.63, 3.8) is 0 Å². The Hall–Kier alpha value is -1.12. The van der Waals surface area contributed by atoms with E-state index in [1.807, 2.05) is 11.3 Å². The summed E-state index contributed by atoms with van der Waals surface area (Å²) in [5.74, 6) is 0.700. The van der Waals surface area contributed by atoms with Crippen LogP contribution in [-0.4, -0.2) is 23.9 Å². The molecule has 1 aliphatic heterocycles. The van der Waals surface area contributed by atoms with E-state index in [4.69, 9.17) is 11.5 Å². The molecule has 1 aliphatic rings. The minimum Gasteiger partial charge on any atom is -0.370 e. The minimum atomic E-state index is 0. The molecule has 4 N–H and O–H groups in total. The summed E-state index contributed by atoms with van der Waals surface area (Å²) >= 11 is 1.86. The third-order valence-corrected chi connectivity index (χ3v) is 5.74. The van der Waals surface area contributed by atoms with Gasteiger partial charge in [0.1, 0.15) is 0 Å². The van der Waals surface area contributed by atoms with E-state index in [0.717, 1.165) is 19.5 Å². The van der Waals surface area contributed by atoms with Gasteiger partial charge in [0.05, 0.1) is 12.6 Å². The van der Waals surface area contributed by atoms with Gasteiger partial charge in [-0.2, -0.15) is 0 Å². The largest absolute Gasteiger partial charge is 0.370 e. The van der Waals surface area contributed by atoms with Gasteiger partial charge in [-0.05, 0) is 40.5 Å². The monoisotopic (exact) mass is 470 g/mol. The van der Waals surface area contributed by atoms with E-state index in [1.165, 1.54) is 21.6 Å². The molecule has 0 aliphatic carbocycles. The Balaban J connectivity index is 0.00000225. The number of halogens is 1. The molecule has 4 nitrogen and oxygen atoms in total. The minimum absolute atomic E-state index is 0. The second kappa shape index (κ2) is 9.00. The van der Waals surface area contributed by atoms with Crippen LogP contribution in [0.1, 0.15) is 47.4 Å². The third-order valence-electron chi connectivity index (χ3n) is 4.71. The average molecular weight is 470 g/mol. The molecule has 136 valence electrons. The van der Waals surface area contributed by atoms with Gasteiger partial charge in [-0.3, -0.25) is 9.89 Å². The number of hydrogen-bond acceptors (Lipinski definition) is 3. The molecule has 0 spiro atoms. The van der Waals surface area contributed by atoms with Gasteiger partial charge in [0.25, 0.3) is 0 Å². The fraction of sp³-hybridized carbons (Fsp3) is 0.421. The van der Waals surface area contributed by atoms with Gasteiger partial charge in [0, 0.05) is 18.0 Å². The van der Waals surface area contributed by atoms with Gasteiger partial charge in [-0.25, -0.2) is 0 Å². The molecular weight excluding hydrogens is 443 g/mol. The number of aliphatic imine (C=N–C) groups is 1. The third kappa shape index (κ3) is 4.95. The molecule has 2 aromatic rings. The first-order valence-electron chi connectivity index (χ1n) is 8.49. The van der Waals surface area contributed by atoms with Gasteiger partial charge in [0.15, 0.2) is 5.96 Å². The van der Waals surface area contributed by atoms with Crippen molar-refractivity contribution < 1.29 is 0 Å². The first kappa shape index (κ1) is 20.2. The quantitative estimate of drug-likeness (QED) is 0.396. The number of rotatable bonds is 5. The average Bonchev–Trinajstić information content (AvgIpc) is 3.03. The lowest BCUT2D eigenvalue weighted by Gasteiger charge is -2.34. The van der Waals surface area contributed by atoms with Crippen molar-refractivity contribution >= 4 is 41.3 Å². The van der Waals surface area contributed by atoms with Crippen molar-refractivity contribution in [1.82, 2.24) is 4.90 Å². The van der Waals surface area contributed by atoms with Crippen LogP contribution in [0.4, 0.5) is 0 Å². The summed E-state index contributed by atoms with van der Waals surface area (Å²) in [6.07, 6.45) is 1.11. The summed E-state index contributed by atoms with van der Waals surface area (Å²) in [7, 11) is 0. The normalized spacial score (nSPS) is 15.3. The zero-order valence-electron chi connectivity index (χ0n) is 14.8. The number of benzene rings is 1. The lowest BCUT2D eigenvalue weighted by atomic mass is 9.97. The molecule has 0 fully saturated rings. The summed E-state index contributed by atoms with van der Waals surface area (Å²) in [5, 5.41) is 2.19. The maximum absolute atomic E-state index is 5.58. The number of fused-ring (bicyclic) bond motifs is 1. The highest BCUT2D eigenvalue weighted by atomic mass is 127. The van der Waals surface area contributed by atoms with Gasteiger partial charge in [0.2, 0.25) is 0 Å². The summed E-state index contributed by atoms with van der Waals surface area (Å²) in [4.78, 5) is 8.32. The van der Waals surface area contributed by atoms with Gasteiger partial charge in [-0.15, -0.1) is 35.3 Å². The molecule has 0 saturated carbocycles. The zero-order valence-corrected chi connectivity index (χ0v) is 18.0. The first-order valence-corrected chi connectivity index (χ1v) is 9.37. The number of nitrogens with two attached hydrogens (primary N) is 2. The van der Waals surface area contributed by atoms with E-state index < -0.39 is 0 Å². The van der Waals surface area contributed by atoms with E-state index in [0.29, 0.717) is 12.5 Å². The van der Waals surface area contributed by atoms with E-state index in [-0.39, 0.29) is 36.0 Å². The summed E-state index contributed by atoms with van der Waals surface area (Å²) in [6.45, 7) is 7.05. The molecule has 25 heavy (non-hydrogen) atoms. The van der Waals surface area contributed by atoms with Crippen LogP contribution in [0, 0.1) is 0 Å². The van der Waals surface area contributed by atoms with E-state index in [9.17, 15) is 0 Å². The number of thiophene rings is 1. The Morgan fingerprint density at radius 3 is 2.48 bits per heavy atom. The van der Waals surface area contributed by atoms with E-state index in [2.05, 4.69) is 59.5 Å². The van der Waals surface area contributed by atoms with Crippen molar-refractivity contribution in [2.75, 3.05) is 13.1 Å². The molecule has 0 amide bonds. The van der Waals surface area contributed by atoms with Crippen LogP contribution in [0.3, 0.4) is 0 Å². The Morgan fingerprint density at radius 1 is 1.16 bits per heavy atom. The number of guanidine groups is 1. The molecule has 1 aromatic heterocycles. The fourth-order valence-electron chi connectivity index (χ4n) is 3.26. The molecule has 6 heteroatoms. The Labute approximate surface area is 171 Å². The Bertz CT molecular complexity index is 704. The highest BCUT2D eigenvalue weighted by Gasteiger charge is 2.25. The summed E-state index contributed by atoms with van der Waals surface area (Å²) in [6, 6.07) is 11.4. The second-order valence-corrected chi connectivity index (χ2v) is 7.69. The maximum atomic E-state index is 5.58. The van der Waals surface area contributed by atoms with Crippen molar-refractivity contribution in [2.24, 2.45) is 16.5 Å². The van der Waals surface area contributed by atoms with Gasteiger partial charge < -0.3 is 11.5 Å². The lowest BCUT2D eigenvalue weighted by molar-refractivity contribution is 0.185. The lowest BCUT2D eigenvalue weighted by Crippen LogP contribution is -2.36. The molecule has 1 unspecified atom stereocenters. The molecule has 1 atom stereocenters. The Kier molecular flexibility index (Phi) is 7.27. The highest BCUT2D eigenvalue weighted by Crippen LogP contribution is 2.31. The van der Waals surface area contributed by atoms with Crippen LogP contribution >= 0.6 is 35.3 Å². The van der Waals surface area contributed by atoms with Crippen molar-refractivity contribution in [2.45, 2.75) is 38.8 Å². The molecule has 3 rings (SSSR count). The standard InChI is InChI=1S/C19H26N4S.HI/c1-13(2)14-3-5-15(6-4-14)17(11-22-19(20)21)23-9-7-18-16(12-23)8-10-24-18;/h3-6,8,10,13,17H,7,9,11-12H2,1-2H3,(H4,20,21,22);1H. The van der Waals surface area contributed by atoms with Crippen molar-refractivity contribution in [1.29, 1.82) is 0 Å². The molecule has 0 saturated heterocycles. The molecule has 2 heterocycles. The van der Waals surface area contributed by atoms with Crippen LogP contribution in [0.2, 0.25) is 0 Å². The SMILES string of the molecule is CC(C)c1ccc(C(CN=C(N)N)N2CCc3sccc3C2)cc1.I. The highest BCUT2D eigenvalue weighted by molar-refractivity contribution is 14.0. The van der Waals surface area contributed by atoms with Crippen LogP contribution in [-0.2, 0) is 13.0 Å². The van der Waals surface area contributed by atoms with Crippen molar-refractivity contribution in [3.8, 4) is 0 Å². The van der Waals surface area contributed by atoms with Crippen LogP contribution in [0.25, 0.3) is 0 Å². The van der Waals surface area contributed by atoms with E-state index in [1.54, 1.807) is 0 Å². The van der Waals surface area contributed by atoms with Crippen molar-refractivity contribution in [3.05, 3.63) is 57.3 Å². The topological polar surface area (TPSA) is 67.6 Å². The number of hydrogen-bond donors (Lipinski definition) is 2. The summed E-state index contributed by atoms with van der Waals surface area (Å²) in [5.41, 5.74) is 15.3. The molecule has 0 radical (unpaired) electrons. The smallest absolute Gasteiger partial charge is 0.185 e. The molecule has 1 aromatic carbocycles. The Morgan fingerprint density at radius 2 is 1.84 bits per heavy atom. The first-order chi connectivity index (χ1) is 11.5. The van der Waals surface area contributed by atoms with Crippen LogP contribution < -0.4 is 11.5 Å². The maximum Gasteiger partial charge on any atom is 0.185 e. The predicted octanol–water partition coefficient (Wildman–Crippen LogP) is 3.86.